The number of hydrogen-bond acceptors (Lipinski definition) is 36. The van der Waals surface area contributed by atoms with Gasteiger partial charge in [-0.2, -0.15) is 15.0 Å². The standard InChI is InChI=1S/C54H75BrN16O26P4S5/c1-26-13-40(67-6-3-38(57)61-51(67)76)90-34(26)21-87-100(104,84-12-11-83-10-9-82-8-5-56)96-31-16-42(69-18-27(2)47(73)65-53(69)78)92-35(31)22-85-99(81,103)95-30-15-44(71-25-60-45-46(71)63-50(59)64-49(45)75)93-37(30)24-88-101(105,106)97-32-17-41(68-7-4-39(58)62-52(68)77)91-36(32)23-86-98(80,102)94-29-14-43(89-33(29)20-72)70-19-28(55)48(74)66-54(70)79/h3-4,6-7,18-19,25-26,29-37,40-44,72H,5,8-17,20-24,56H2,1-2H3,(H,80,102)(H,81,103)(H,105,106)(H2,57,61,76)(H2,58,62,77)(H,65,73,78)(H,66,74,79)(H3,59,63,64,75)/t26-,29-,30-,31-,32-,33?,34?,35?,36?,37?,40-,41-,42-,43-,44-,98?,99?,100?/m1/s1. The smallest absolute Gasteiger partial charge is 0.386 e. The molecular formula is C54H75BrN16O26P4S5. The fourth-order valence-electron chi connectivity index (χ4n) is 11.9. The molecule has 0 aliphatic carbocycles. The van der Waals surface area contributed by atoms with Gasteiger partial charge in [-0.25, -0.2) is 28.7 Å². The van der Waals surface area contributed by atoms with Crippen LogP contribution in [0.25, 0.3) is 11.2 Å². The number of rotatable bonds is 35. The Morgan fingerprint density at radius 3 is 1.71 bits per heavy atom. The van der Waals surface area contributed by atoms with Crippen molar-refractivity contribution >= 4 is 131 Å². The fourth-order valence-corrected chi connectivity index (χ4v) is 19.3. The molecule has 5 aliphatic rings. The minimum absolute atomic E-state index is 0.00149. The molecule has 0 spiro atoms. The van der Waals surface area contributed by atoms with Gasteiger partial charge in [0.15, 0.2) is 11.2 Å². The molecule has 0 amide bonds. The molecule has 9 unspecified atom stereocenters. The fraction of sp³-hybridized carbons (Fsp3) is 0.611. The largest absolute Gasteiger partial charge is 0.394 e. The molecule has 11 rings (SSSR count). The van der Waals surface area contributed by atoms with Crippen LogP contribution >= 0.6 is 66.4 Å². The van der Waals surface area contributed by atoms with Crippen molar-refractivity contribution in [1.29, 1.82) is 0 Å². The zero-order valence-corrected chi connectivity index (χ0v) is 65.2. The van der Waals surface area contributed by atoms with Crippen molar-refractivity contribution < 1.29 is 88.4 Å². The molecule has 6 aromatic rings. The number of aryl methyl sites for hydroxylation is 1. The van der Waals surface area contributed by atoms with Crippen LogP contribution in [0.3, 0.4) is 0 Å². The summed E-state index contributed by atoms with van der Waals surface area (Å²) in [6.45, 7) is -11.5. The summed E-state index contributed by atoms with van der Waals surface area (Å²) >= 11 is 29.7. The molecule has 0 bridgehead atoms. The number of aliphatic hydroxyl groups excluding tert-OH is 1. The van der Waals surface area contributed by atoms with E-state index in [1.54, 1.807) is 0 Å². The lowest BCUT2D eigenvalue weighted by Gasteiger charge is -2.29. The van der Waals surface area contributed by atoms with E-state index in [1.165, 1.54) is 59.3 Å². The molecule has 42 nitrogen and oxygen atoms in total. The first-order chi connectivity index (χ1) is 50.3. The highest BCUT2D eigenvalue weighted by molar-refractivity contribution is 9.10. The van der Waals surface area contributed by atoms with Crippen LogP contribution in [0.5, 0.6) is 0 Å². The molecular weight excluding hydrogens is 1650 g/mol. The molecule has 0 aromatic carbocycles. The number of nitrogens with two attached hydrogens (primary N) is 4. The number of nitrogens with one attached hydrogen (secondary N) is 3. The molecule has 13 N–H and O–H groups in total. The number of hydrogen-bond donors (Lipinski definition) is 11. The van der Waals surface area contributed by atoms with Crippen LogP contribution < -0.4 is 62.4 Å². The van der Waals surface area contributed by atoms with Crippen LogP contribution in [0.15, 0.2) is 81.3 Å². The van der Waals surface area contributed by atoms with Crippen LogP contribution in [0.2, 0.25) is 0 Å². The number of ether oxygens (including phenoxy) is 7. The third kappa shape index (κ3) is 20.8. The van der Waals surface area contributed by atoms with Gasteiger partial charge in [-0.1, -0.05) is 31.4 Å². The molecule has 52 heteroatoms. The molecule has 6 aromatic heterocycles. The van der Waals surface area contributed by atoms with Gasteiger partial charge in [0.1, 0.15) is 73.3 Å². The minimum atomic E-state index is -4.56. The van der Waals surface area contributed by atoms with Gasteiger partial charge < -0.3 is 97.8 Å². The monoisotopic (exact) mass is 1730 g/mol. The Hall–Kier alpha value is -4.53. The van der Waals surface area contributed by atoms with Crippen LogP contribution in [0, 0.1) is 12.8 Å². The van der Waals surface area contributed by atoms with Crippen LogP contribution in [0.4, 0.5) is 17.6 Å². The second kappa shape index (κ2) is 35.4. The molecule has 5 aliphatic heterocycles. The molecule has 584 valence electrons. The number of fused-ring (bicyclic) bond motifs is 1. The first-order valence-corrected chi connectivity index (χ1v) is 44.7. The maximum atomic E-state index is 14.1. The number of nitrogen functional groups attached to an aromatic ring is 3. The van der Waals surface area contributed by atoms with Gasteiger partial charge in [-0.3, -0.25) is 61.2 Å². The zero-order valence-electron chi connectivity index (χ0n) is 55.8. The molecule has 106 heavy (non-hydrogen) atoms. The zero-order chi connectivity index (χ0) is 76.2. The number of aromatic nitrogens is 12. The normalized spacial score (nSPS) is 28.4. The van der Waals surface area contributed by atoms with Crippen molar-refractivity contribution in [2.24, 2.45) is 11.7 Å². The van der Waals surface area contributed by atoms with E-state index in [9.17, 15) is 48.1 Å². The Kier molecular flexibility index (Phi) is 27.6. The number of nitrogens with zero attached hydrogens (tertiary/aromatic N) is 9. The van der Waals surface area contributed by atoms with E-state index in [-0.39, 0.29) is 103 Å². The number of anilines is 3. The number of aromatic amines is 3. The topological polar surface area (TPSA) is 552 Å². The molecule has 0 radical (unpaired) electrons. The van der Waals surface area contributed by atoms with Crippen LogP contribution in [-0.4, -0.2) is 195 Å². The van der Waals surface area contributed by atoms with E-state index < -0.39 is 178 Å². The van der Waals surface area contributed by atoms with Gasteiger partial charge >= 0.3 is 43.0 Å². The van der Waals surface area contributed by atoms with Crippen molar-refractivity contribution in [2.75, 3.05) is 89.8 Å². The maximum Gasteiger partial charge on any atom is 0.386 e. The lowest BCUT2D eigenvalue weighted by molar-refractivity contribution is -0.0543. The average molecular weight is 1730 g/mol. The van der Waals surface area contributed by atoms with Gasteiger partial charge in [-0.15, -0.1) is 0 Å². The average Bonchev–Trinajstić information content (AvgIpc) is 1.64. The molecule has 11 heterocycles. The van der Waals surface area contributed by atoms with Gasteiger partial charge in [0, 0.05) is 62.6 Å². The van der Waals surface area contributed by atoms with Crippen LogP contribution in [-0.2, 0) is 114 Å². The summed E-state index contributed by atoms with van der Waals surface area (Å²) in [5, 5.41) is 10.2. The summed E-state index contributed by atoms with van der Waals surface area (Å²) in [5.74, 6) is -0.543. The van der Waals surface area contributed by atoms with Gasteiger partial charge in [0.05, 0.1) is 101 Å². The first-order valence-electron chi connectivity index (χ1n) is 32.3. The van der Waals surface area contributed by atoms with Crippen molar-refractivity contribution in [2.45, 2.75) is 132 Å². The lowest BCUT2D eigenvalue weighted by Crippen LogP contribution is -2.33. The Balaban J connectivity index is 0.809. The highest BCUT2D eigenvalue weighted by atomic mass is 79.9. The van der Waals surface area contributed by atoms with Gasteiger partial charge in [0.2, 0.25) is 11.6 Å². The summed E-state index contributed by atoms with van der Waals surface area (Å²) in [6, 6.07) is 2.80. The maximum absolute atomic E-state index is 14.1. The molecule has 19 atom stereocenters. The summed E-state index contributed by atoms with van der Waals surface area (Å²) in [6.07, 6.45) is -9.73. The summed E-state index contributed by atoms with van der Waals surface area (Å²) in [7, 11) is 0. The quantitative estimate of drug-likeness (QED) is 0.0149. The van der Waals surface area contributed by atoms with Gasteiger partial charge in [-0.05, 0) is 82.7 Å². The molecule has 5 fully saturated rings. The lowest BCUT2D eigenvalue weighted by atomic mass is 10.0. The molecule has 5 saturated heterocycles. The predicted octanol–water partition coefficient (Wildman–Crippen LogP) is 0.866. The third-order valence-corrected chi connectivity index (χ3v) is 25.4. The first kappa shape index (κ1) is 82.4. The Morgan fingerprint density at radius 1 is 0.594 bits per heavy atom. The summed E-state index contributed by atoms with van der Waals surface area (Å²) in [4.78, 5) is 125. The minimum Gasteiger partial charge on any atom is -0.394 e. The third-order valence-electron chi connectivity index (χ3n) is 17.0. The Labute approximate surface area is 632 Å². The van der Waals surface area contributed by atoms with E-state index in [0.717, 1.165) is 13.7 Å². The second-order valence-corrected chi connectivity index (χ2v) is 39.1. The highest BCUT2D eigenvalue weighted by Gasteiger charge is 2.49. The van der Waals surface area contributed by atoms with Crippen molar-refractivity contribution in [3.63, 3.8) is 0 Å². The van der Waals surface area contributed by atoms with E-state index in [0.29, 0.717) is 19.6 Å². The highest BCUT2D eigenvalue weighted by Crippen LogP contribution is 2.60. The van der Waals surface area contributed by atoms with E-state index >= 15 is 0 Å². The summed E-state index contributed by atoms with van der Waals surface area (Å²) < 4.78 is 118. The number of aliphatic hydroxyl groups is 1. The van der Waals surface area contributed by atoms with E-state index in [2.05, 4.69) is 75.3 Å². The van der Waals surface area contributed by atoms with E-state index in [4.69, 9.17) is 132 Å². The van der Waals surface area contributed by atoms with E-state index in [1.807, 2.05) is 6.92 Å². The second-order valence-electron chi connectivity index (χ2n) is 24.4. The number of H-pyrrole nitrogens is 3. The van der Waals surface area contributed by atoms with Crippen molar-refractivity contribution in [1.82, 2.24) is 57.7 Å². The number of imidazole rings is 1. The van der Waals surface area contributed by atoms with Gasteiger partial charge in [0.25, 0.3) is 16.7 Å². The van der Waals surface area contributed by atoms with Crippen molar-refractivity contribution in [3.05, 3.63) is 126 Å². The Bertz CT molecular complexity index is 4790. The van der Waals surface area contributed by atoms with Crippen molar-refractivity contribution in [3.8, 4) is 0 Å². The number of thiol groups is 2. The SMILES string of the molecule is Cc1cn([C@H]2C[C@@H](OP(=S)(OCCOCCOCCN)OCC3O[C@@H](n4ccc(N)nc4=O)C[C@H]3C)C(COP(O)(=S)O[C@@H]3C[C@H](n4cnc5c(=O)[nH]c(N)nc54)OC3COP(=S)(S)O[C@@H]3C[C@H](n4ccc(N)nc4=O)OC3COP(=O)(S)O[C@@H]3C[C@H](n4cc(Br)c(=O)[nH]c4=O)OC3CO)O2)c(=O)[nH]c1=O. The predicted molar refractivity (Wildman–Crippen MR) is 393 cm³/mol. The number of halogens is 1. The Morgan fingerprint density at radius 2 is 1.09 bits per heavy atom. The molecule has 0 saturated carbocycles. The van der Waals surface area contributed by atoms with Crippen LogP contribution in [0.1, 0.15) is 75.7 Å². The summed E-state index contributed by atoms with van der Waals surface area (Å²) in [5.41, 5.74) is 14.0.